The molecule has 0 unspecified atom stereocenters. The molecule has 5 nitrogen and oxygen atoms in total. The molecule has 2 heterocycles. The molecular formula is C17H19N3O2. The normalized spacial score (nSPS) is 15.8. The summed E-state index contributed by atoms with van der Waals surface area (Å²) in [5.74, 6) is -0.277. The topological polar surface area (TPSA) is 55.2 Å². The highest BCUT2D eigenvalue weighted by Gasteiger charge is 2.37. The predicted octanol–water partition coefficient (Wildman–Crippen LogP) is 2.78. The first-order chi connectivity index (χ1) is 10.5. The monoisotopic (exact) mass is 297 g/mol. The Bertz CT molecular complexity index is 814. The van der Waals surface area contributed by atoms with Crippen molar-refractivity contribution in [1.82, 2.24) is 14.7 Å². The average Bonchev–Trinajstić information content (AvgIpc) is 2.98. The molecule has 0 aliphatic carbocycles. The zero-order valence-electron chi connectivity index (χ0n) is 13.3. The molecule has 1 aliphatic rings. The van der Waals surface area contributed by atoms with Gasteiger partial charge in [0.2, 0.25) is 0 Å². The highest BCUT2D eigenvalue weighted by atomic mass is 16.2. The molecule has 1 aromatic carbocycles. The van der Waals surface area contributed by atoms with Crippen LogP contribution in [0.25, 0.3) is 16.6 Å². The van der Waals surface area contributed by atoms with Crippen molar-refractivity contribution in [3.63, 3.8) is 0 Å². The minimum absolute atomic E-state index is 0.229. The van der Waals surface area contributed by atoms with Crippen molar-refractivity contribution in [2.45, 2.75) is 33.1 Å². The molecular weight excluding hydrogens is 278 g/mol. The number of likely N-dealkylation sites (N-methyl/N-ethyl adjacent to an activating group) is 1. The van der Waals surface area contributed by atoms with Gasteiger partial charge in [-0.1, -0.05) is 39.0 Å². The number of amides is 2. The number of aromatic nitrogens is 2. The summed E-state index contributed by atoms with van der Waals surface area (Å²) in [7, 11) is 1.52. The van der Waals surface area contributed by atoms with Crippen molar-refractivity contribution in [3.05, 3.63) is 35.5 Å². The molecule has 0 saturated carbocycles. The molecule has 114 valence electrons. The van der Waals surface area contributed by atoms with E-state index in [0.717, 1.165) is 16.6 Å². The number of rotatable bonds is 3. The smallest absolute Gasteiger partial charge is 0.276 e. The van der Waals surface area contributed by atoms with Crippen LogP contribution in [-0.4, -0.2) is 33.5 Å². The second-order valence-electron chi connectivity index (χ2n) is 5.82. The van der Waals surface area contributed by atoms with E-state index >= 15 is 0 Å². The van der Waals surface area contributed by atoms with E-state index < -0.39 is 0 Å². The quantitative estimate of drug-likeness (QED) is 0.819. The molecule has 1 aliphatic heterocycles. The predicted molar refractivity (Wildman–Crippen MR) is 85.1 cm³/mol. The van der Waals surface area contributed by atoms with Gasteiger partial charge >= 0.3 is 0 Å². The fraction of sp³-hybridized carbons (Fsp3) is 0.353. The Labute approximate surface area is 129 Å². The average molecular weight is 297 g/mol. The first kappa shape index (κ1) is 14.5. The van der Waals surface area contributed by atoms with Crippen molar-refractivity contribution in [2.24, 2.45) is 0 Å². The molecule has 2 aromatic rings. The molecule has 2 amide bonds. The Hall–Kier alpha value is -2.43. The van der Waals surface area contributed by atoms with Crippen LogP contribution < -0.4 is 0 Å². The molecule has 0 spiro atoms. The number of para-hydroxylation sites is 1. The number of imide groups is 1. The van der Waals surface area contributed by atoms with Gasteiger partial charge < -0.3 is 0 Å². The Morgan fingerprint density at radius 1 is 1.14 bits per heavy atom. The summed E-state index contributed by atoms with van der Waals surface area (Å²) in [4.78, 5) is 25.9. The van der Waals surface area contributed by atoms with Crippen LogP contribution in [0.15, 0.2) is 29.8 Å². The van der Waals surface area contributed by atoms with Crippen molar-refractivity contribution in [1.29, 1.82) is 0 Å². The highest BCUT2D eigenvalue weighted by Crippen LogP contribution is 2.31. The lowest BCUT2D eigenvalue weighted by molar-refractivity contribution is -0.135. The van der Waals surface area contributed by atoms with Crippen LogP contribution in [0.3, 0.4) is 0 Å². The molecule has 3 rings (SSSR count). The van der Waals surface area contributed by atoms with Gasteiger partial charge in [-0.3, -0.25) is 14.5 Å². The third-order valence-electron chi connectivity index (χ3n) is 4.08. The molecule has 0 radical (unpaired) electrons. The molecule has 22 heavy (non-hydrogen) atoms. The summed E-state index contributed by atoms with van der Waals surface area (Å²) >= 11 is 0. The van der Waals surface area contributed by atoms with E-state index in [1.165, 1.54) is 11.9 Å². The first-order valence-corrected chi connectivity index (χ1v) is 7.50. The van der Waals surface area contributed by atoms with Crippen LogP contribution in [0.5, 0.6) is 0 Å². The minimum Gasteiger partial charge on any atom is -0.276 e. The summed E-state index contributed by atoms with van der Waals surface area (Å²) in [5.41, 5.74) is 2.71. The van der Waals surface area contributed by atoms with Crippen LogP contribution in [0.2, 0.25) is 0 Å². The Kier molecular flexibility index (Phi) is 3.35. The Morgan fingerprint density at radius 2 is 1.82 bits per heavy atom. The standard InChI is InChI=1S/C17H19N3O2/c1-5-11-15(17(22)19(4)16(11)21)20-13-9-7-6-8-12(13)14(18-20)10(2)3/h6-10H,5H2,1-4H3. The maximum absolute atomic E-state index is 12.5. The lowest BCUT2D eigenvalue weighted by Crippen LogP contribution is -2.27. The van der Waals surface area contributed by atoms with Gasteiger partial charge in [-0.05, 0) is 18.4 Å². The van der Waals surface area contributed by atoms with E-state index in [9.17, 15) is 9.59 Å². The van der Waals surface area contributed by atoms with E-state index in [0.29, 0.717) is 17.7 Å². The van der Waals surface area contributed by atoms with Gasteiger partial charge in [-0.25, -0.2) is 4.68 Å². The van der Waals surface area contributed by atoms with Gasteiger partial charge in [0.1, 0.15) is 5.70 Å². The summed E-state index contributed by atoms with van der Waals surface area (Å²) in [5, 5.41) is 5.67. The number of benzene rings is 1. The molecule has 0 N–H and O–H groups in total. The van der Waals surface area contributed by atoms with Crippen molar-refractivity contribution in [3.8, 4) is 0 Å². The van der Waals surface area contributed by atoms with Crippen LogP contribution in [0.1, 0.15) is 38.8 Å². The summed E-state index contributed by atoms with van der Waals surface area (Å²) in [6, 6.07) is 7.82. The summed E-state index contributed by atoms with van der Waals surface area (Å²) in [6.07, 6.45) is 0.509. The minimum atomic E-state index is -0.287. The summed E-state index contributed by atoms with van der Waals surface area (Å²) in [6.45, 7) is 6.03. The van der Waals surface area contributed by atoms with Crippen molar-refractivity contribution < 1.29 is 9.59 Å². The van der Waals surface area contributed by atoms with Gasteiger partial charge in [-0.2, -0.15) is 5.10 Å². The molecule has 1 aromatic heterocycles. The fourth-order valence-electron chi connectivity index (χ4n) is 2.91. The second kappa shape index (κ2) is 5.09. The number of carbonyl (C=O) groups is 2. The first-order valence-electron chi connectivity index (χ1n) is 7.50. The van der Waals surface area contributed by atoms with E-state index in [-0.39, 0.29) is 17.7 Å². The summed E-state index contributed by atoms with van der Waals surface area (Å²) < 4.78 is 1.65. The number of carbonyl (C=O) groups excluding carboxylic acids is 2. The van der Waals surface area contributed by atoms with Crippen molar-refractivity contribution in [2.75, 3.05) is 7.05 Å². The second-order valence-corrected chi connectivity index (χ2v) is 5.82. The molecule has 0 saturated heterocycles. The SMILES string of the molecule is CCC1=C(n2nc(C(C)C)c3ccccc32)C(=O)N(C)C1=O. The van der Waals surface area contributed by atoms with E-state index in [2.05, 4.69) is 18.9 Å². The molecule has 0 atom stereocenters. The number of fused-ring (bicyclic) bond motifs is 1. The van der Waals surface area contributed by atoms with Crippen LogP contribution in [0, 0.1) is 0 Å². The van der Waals surface area contributed by atoms with Gasteiger partial charge in [-0.15, -0.1) is 0 Å². The van der Waals surface area contributed by atoms with E-state index in [1.807, 2.05) is 31.2 Å². The van der Waals surface area contributed by atoms with Gasteiger partial charge in [0.25, 0.3) is 11.8 Å². The number of nitrogens with zero attached hydrogens (tertiary/aromatic N) is 3. The van der Waals surface area contributed by atoms with Crippen LogP contribution in [-0.2, 0) is 9.59 Å². The van der Waals surface area contributed by atoms with Crippen LogP contribution in [0.4, 0.5) is 0 Å². The van der Waals surface area contributed by atoms with E-state index in [1.54, 1.807) is 4.68 Å². The molecule has 0 fully saturated rings. The lowest BCUT2D eigenvalue weighted by atomic mass is 10.1. The zero-order chi connectivity index (χ0) is 16.0. The lowest BCUT2D eigenvalue weighted by Gasteiger charge is -2.07. The Morgan fingerprint density at radius 3 is 2.45 bits per heavy atom. The highest BCUT2D eigenvalue weighted by molar-refractivity contribution is 6.32. The van der Waals surface area contributed by atoms with E-state index in [4.69, 9.17) is 0 Å². The van der Waals surface area contributed by atoms with Crippen LogP contribution >= 0.6 is 0 Å². The fourth-order valence-corrected chi connectivity index (χ4v) is 2.91. The number of hydrogen-bond acceptors (Lipinski definition) is 3. The van der Waals surface area contributed by atoms with Gasteiger partial charge in [0.05, 0.1) is 11.2 Å². The number of hydrogen-bond donors (Lipinski definition) is 0. The maximum Gasteiger partial charge on any atom is 0.279 e. The van der Waals surface area contributed by atoms with Crippen molar-refractivity contribution >= 4 is 28.4 Å². The maximum atomic E-state index is 12.5. The Balaban J connectivity index is 2.33. The van der Waals surface area contributed by atoms with Gasteiger partial charge in [0.15, 0.2) is 0 Å². The third-order valence-corrected chi connectivity index (χ3v) is 4.08. The largest absolute Gasteiger partial charge is 0.279 e. The third kappa shape index (κ3) is 1.89. The van der Waals surface area contributed by atoms with Gasteiger partial charge in [0, 0.05) is 18.0 Å². The zero-order valence-corrected chi connectivity index (χ0v) is 13.3. The molecule has 5 heteroatoms. The molecule has 0 bridgehead atoms.